The lowest BCUT2D eigenvalue weighted by atomic mass is 9.84. The monoisotopic (exact) mass is 277 g/mol. The van der Waals surface area contributed by atoms with Gasteiger partial charge in [-0.25, -0.2) is 0 Å². The van der Waals surface area contributed by atoms with Crippen LogP contribution >= 0.6 is 11.6 Å². The second-order valence-corrected chi connectivity index (χ2v) is 6.49. The first-order valence-corrected chi connectivity index (χ1v) is 7.58. The third-order valence-corrected chi connectivity index (χ3v) is 5.24. The van der Waals surface area contributed by atoms with Crippen molar-refractivity contribution in [3.63, 3.8) is 0 Å². The van der Waals surface area contributed by atoms with Gasteiger partial charge in [0, 0.05) is 6.04 Å². The molecule has 2 nitrogen and oxygen atoms in total. The topological polar surface area (TPSA) is 29.1 Å². The van der Waals surface area contributed by atoms with E-state index >= 15 is 0 Å². The Bertz CT molecular complexity index is 487. The summed E-state index contributed by atoms with van der Waals surface area (Å²) in [4.78, 5) is 12.2. The zero-order valence-corrected chi connectivity index (χ0v) is 12.0. The minimum atomic E-state index is -0.0409. The standard InChI is InChI=1S/C16H20ClNO/c1-10(14-9-11-6-7-12(14)8-11)18-16(19)13-4-2-3-5-15(13)17/h2-5,10-12,14H,6-9H2,1H3,(H,18,19)/t10-,11-,12-,14-/m0/s1. The van der Waals surface area contributed by atoms with Crippen molar-refractivity contribution in [3.8, 4) is 0 Å². The molecule has 3 heteroatoms. The molecule has 0 heterocycles. The van der Waals surface area contributed by atoms with Crippen molar-refractivity contribution in [2.75, 3.05) is 0 Å². The third-order valence-electron chi connectivity index (χ3n) is 4.91. The number of benzene rings is 1. The molecule has 1 amide bonds. The van der Waals surface area contributed by atoms with Gasteiger partial charge in [-0.1, -0.05) is 30.2 Å². The van der Waals surface area contributed by atoms with Gasteiger partial charge in [0.2, 0.25) is 0 Å². The van der Waals surface area contributed by atoms with Gasteiger partial charge in [-0.15, -0.1) is 0 Å². The van der Waals surface area contributed by atoms with E-state index in [0.29, 0.717) is 16.5 Å². The molecule has 3 rings (SSSR count). The number of fused-ring (bicyclic) bond motifs is 2. The second-order valence-electron chi connectivity index (χ2n) is 6.08. The van der Waals surface area contributed by atoms with Crippen LogP contribution < -0.4 is 5.32 Å². The van der Waals surface area contributed by atoms with E-state index in [0.717, 1.165) is 11.8 Å². The van der Waals surface area contributed by atoms with Crippen molar-refractivity contribution < 1.29 is 4.79 Å². The number of rotatable bonds is 3. The Morgan fingerprint density at radius 3 is 2.74 bits per heavy atom. The first-order chi connectivity index (χ1) is 9.15. The van der Waals surface area contributed by atoms with Gasteiger partial charge in [0.05, 0.1) is 10.6 Å². The number of amides is 1. The van der Waals surface area contributed by atoms with E-state index in [1.54, 1.807) is 12.1 Å². The molecule has 2 fully saturated rings. The van der Waals surface area contributed by atoms with E-state index in [4.69, 9.17) is 11.6 Å². The molecule has 0 aromatic heterocycles. The minimum absolute atomic E-state index is 0.0409. The summed E-state index contributed by atoms with van der Waals surface area (Å²) in [6.45, 7) is 2.14. The molecule has 1 aromatic carbocycles. The number of halogens is 1. The van der Waals surface area contributed by atoms with E-state index in [2.05, 4.69) is 12.2 Å². The summed E-state index contributed by atoms with van der Waals surface area (Å²) < 4.78 is 0. The van der Waals surface area contributed by atoms with Gasteiger partial charge in [0.15, 0.2) is 0 Å². The maximum Gasteiger partial charge on any atom is 0.253 e. The zero-order chi connectivity index (χ0) is 13.4. The van der Waals surface area contributed by atoms with Crippen LogP contribution in [0.1, 0.15) is 43.0 Å². The van der Waals surface area contributed by atoms with Crippen LogP contribution in [-0.4, -0.2) is 11.9 Å². The maximum atomic E-state index is 12.2. The predicted molar refractivity (Wildman–Crippen MR) is 77.3 cm³/mol. The molecule has 1 aromatic rings. The Kier molecular flexibility index (Phi) is 3.53. The number of carbonyl (C=O) groups is 1. The highest BCUT2D eigenvalue weighted by Crippen LogP contribution is 2.49. The molecule has 1 N–H and O–H groups in total. The molecule has 2 aliphatic carbocycles. The van der Waals surface area contributed by atoms with Crippen LogP contribution in [0.4, 0.5) is 0 Å². The molecule has 0 unspecified atom stereocenters. The fraction of sp³-hybridized carbons (Fsp3) is 0.562. The number of hydrogen-bond acceptors (Lipinski definition) is 1. The first kappa shape index (κ1) is 13.0. The molecule has 102 valence electrons. The minimum Gasteiger partial charge on any atom is -0.349 e. The molecule has 2 bridgehead atoms. The molecule has 2 saturated carbocycles. The highest BCUT2D eigenvalue weighted by molar-refractivity contribution is 6.33. The molecule has 0 aliphatic heterocycles. The number of carbonyl (C=O) groups excluding carboxylic acids is 1. The van der Waals surface area contributed by atoms with E-state index in [1.165, 1.54) is 25.7 Å². The van der Waals surface area contributed by atoms with Crippen LogP contribution in [0.5, 0.6) is 0 Å². The average molecular weight is 278 g/mol. The number of nitrogens with one attached hydrogen (secondary N) is 1. The highest BCUT2D eigenvalue weighted by Gasteiger charge is 2.42. The highest BCUT2D eigenvalue weighted by atomic mass is 35.5. The molecule has 0 radical (unpaired) electrons. The smallest absolute Gasteiger partial charge is 0.253 e. The van der Waals surface area contributed by atoms with Crippen molar-refractivity contribution in [1.82, 2.24) is 5.32 Å². The van der Waals surface area contributed by atoms with Crippen LogP contribution in [-0.2, 0) is 0 Å². The molecule has 2 aliphatic rings. The molecule has 4 atom stereocenters. The van der Waals surface area contributed by atoms with E-state index < -0.39 is 0 Å². The summed E-state index contributed by atoms with van der Waals surface area (Å²) >= 11 is 6.06. The van der Waals surface area contributed by atoms with E-state index in [1.807, 2.05) is 12.1 Å². The Balaban J connectivity index is 1.65. The van der Waals surface area contributed by atoms with Crippen LogP contribution in [0.2, 0.25) is 5.02 Å². The van der Waals surface area contributed by atoms with Crippen molar-refractivity contribution in [1.29, 1.82) is 0 Å². The van der Waals surface area contributed by atoms with Crippen molar-refractivity contribution in [2.45, 2.75) is 38.6 Å². The molecule has 0 spiro atoms. The van der Waals surface area contributed by atoms with Gasteiger partial charge >= 0.3 is 0 Å². The fourth-order valence-corrected chi connectivity index (χ4v) is 4.16. The number of hydrogen-bond donors (Lipinski definition) is 1. The predicted octanol–water partition coefficient (Wildman–Crippen LogP) is 3.89. The van der Waals surface area contributed by atoms with Crippen LogP contribution in [0.25, 0.3) is 0 Å². The lowest BCUT2D eigenvalue weighted by Gasteiger charge is -2.28. The van der Waals surface area contributed by atoms with Gasteiger partial charge in [-0.2, -0.15) is 0 Å². The normalized spacial score (nSPS) is 30.3. The van der Waals surface area contributed by atoms with Crippen molar-refractivity contribution in [2.24, 2.45) is 17.8 Å². The van der Waals surface area contributed by atoms with Crippen LogP contribution in [0, 0.1) is 17.8 Å². The van der Waals surface area contributed by atoms with Gasteiger partial charge in [0.1, 0.15) is 0 Å². The van der Waals surface area contributed by atoms with Gasteiger partial charge in [-0.05, 0) is 56.1 Å². The Labute approximate surface area is 119 Å². The van der Waals surface area contributed by atoms with E-state index in [-0.39, 0.29) is 11.9 Å². The summed E-state index contributed by atoms with van der Waals surface area (Å²) in [6, 6.07) is 7.49. The summed E-state index contributed by atoms with van der Waals surface area (Å²) in [6.07, 6.45) is 5.40. The zero-order valence-electron chi connectivity index (χ0n) is 11.2. The third kappa shape index (κ3) is 2.51. The molecular weight excluding hydrogens is 258 g/mol. The lowest BCUT2D eigenvalue weighted by molar-refractivity contribution is 0.0915. The summed E-state index contributed by atoms with van der Waals surface area (Å²) in [5.74, 6) is 2.35. The molecular formula is C16H20ClNO. The summed E-state index contributed by atoms with van der Waals surface area (Å²) in [7, 11) is 0. The summed E-state index contributed by atoms with van der Waals surface area (Å²) in [5, 5.41) is 3.67. The quantitative estimate of drug-likeness (QED) is 0.892. The second kappa shape index (κ2) is 5.16. The van der Waals surface area contributed by atoms with Crippen molar-refractivity contribution >= 4 is 17.5 Å². The molecule has 19 heavy (non-hydrogen) atoms. The average Bonchev–Trinajstić information content (AvgIpc) is 3.01. The Morgan fingerprint density at radius 2 is 2.11 bits per heavy atom. The Morgan fingerprint density at radius 1 is 1.32 bits per heavy atom. The van der Waals surface area contributed by atoms with Gasteiger partial charge in [-0.3, -0.25) is 4.79 Å². The van der Waals surface area contributed by atoms with Crippen molar-refractivity contribution in [3.05, 3.63) is 34.9 Å². The summed E-state index contributed by atoms with van der Waals surface area (Å²) in [5.41, 5.74) is 0.583. The SMILES string of the molecule is C[C@H](NC(=O)c1ccccc1Cl)[C@@H]1C[C@H]2CC[C@H]1C2. The Hall–Kier alpha value is -1.02. The van der Waals surface area contributed by atoms with Crippen LogP contribution in [0.15, 0.2) is 24.3 Å². The maximum absolute atomic E-state index is 12.2. The van der Waals surface area contributed by atoms with Crippen LogP contribution in [0.3, 0.4) is 0 Å². The fourth-order valence-electron chi connectivity index (χ4n) is 3.94. The largest absolute Gasteiger partial charge is 0.349 e. The molecule has 0 saturated heterocycles. The van der Waals surface area contributed by atoms with Gasteiger partial charge < -0.3 is 5.32 Å². The lowest BCUT2D eigenvalue weighted by Crippen LogP contribution is -2.40. The first-order valence-electron chi connectivity index (χ1n) is 7.20. The van der Waals surface area contributed by atoms with Gasteiger partial charge in [0.25, 0.3) is 5.91 Å². The van der Waals surface area contributed by atoms with E-state index in [9.17, 15) is 4.79 Å².